The van der Waals surface area contributed by atoms with Crippen LogP contribution in [-0.2, 0) is 18.3 Å². The van der Waals surface area contributed by atoms with Gasteiger partial charge in [-0.05, 0) is 44.0 Å². The first kappa shape index (κ1) is 20.0. The van der Waals surface area contributed by atoms with E-state index < -0.39 is 0 Å². The molecule has 1 aromatic carbocycles. The molecule has 8 heteroatoms. The van der Waals surface area contributed by atoms with Crippen molar-refractivity contribution in [2.75, 3.05) is 13.7 Å². The highest BCUT2D eigenvalue weighted by Crippen LogP contribution is 2.27. The van der Waals surface area contributed by atoms with Gasteiger partial charge in [0.15, 0.2) is 11.0 Å². The van der Waals surface area contributed by atoms with Crippen LogP contribution in [0, 0.1) is 6.92 Å². The number of thioether (sulfide) groups is 1. The Hall–Kier alpha value is -2.74. The highest BCUT2D eigenvalue weighted by Gasteiger charge is 2.20. The molecule has 2 heterocycles. The number of carbonyl (C=O) groups excluding carboxylic acids is 1. The third kappa shape index (κ3) is 4.56. The quantitative estimate of drug-likeness (QED) is 0.585. The first-order valence-corrected chi connectivity index (χ1v) is 9.88. The Morgan fingerprint density at radius 1 is 1.29 bits per heavy atom. The van der Waals surface area contributed by atoms with Crippen LogP contribution < -0.4 is 10.1 Å². The van der Waals surface area contributed by atoms with Crippen LogP contribution in [0.4, 0.5) is 0 Å². The molecule has 0 aliphatic rings. The number of benzene rings is 1. The number of nitrogens with zero attached hydrogens (tertiary/aromatic N) is 3. The summed E-state index contributed by atoms with van der Waals surface area (Å²) in [7, 11) is 3.53. The number of aryl methyl sites for hydroxylation is 1. The van der Waals surface area contributed by atoms with Crippen molar-refractivity contribution >= 4 is 17.7 Å². The van der Waals surface area contributed by atoms with Crippen LogP contribution in [0.2, 0.25) is 0 Å². The van der Waals surface area contributed by atoms with Gasteiger partial charge in [-0.25, -0.2) is 0 Å². The van der Waals surface area contributed by atoms with Gasteiger partial charge in [0.1, 0.15) is 11.5 Å². The first-order valence-electron chi connectivity index (χ1n) is 9.00. The largest absolute Gasteiger partial charge is 0.497 e. The Morgan fingerprint density at radius 2 is 2.04 bits per heavy atom. The van der Waals surface area contributed by atoms with Crippen LogP contribution in [-0.4, -0.2) is 39.6 Å². The topological polar surface area (TPSA) is 82.2 Å². The van der Waals surface area contributed by atoms with Crippen LogP contribution >= 0.6 is 11.8 Å². The molecule has 148 valence electrons. The van der Waals surface area contributed by atoms with Gasteiger partial charge in [0, 0.05) is 13.6 Å². The van der Waals surface area contributed by atoms with Gasteiger partial charge in [-0.15, -0.1) is 10.2 Å². The lowest BCUT2D eigenvalue weighted by atomic mass is 10.1. The van der Waals surface area contributed by atoms with E-state index in [9.17, 15) is 4.79 Å². The van der Waals surface area contributed by atoms with Gasteiger partial charge in [0.05, 0.1) is 24.2 Å². The van der Waals surface area contributed by atoms with Gasteiger partial charge in [-0.2, -0.15) is 0 Å². The fraction of sp³-hybridized carbons (Fsp3) is 0.350. The van der Waals surface area contributed by atoms with Crippen LogP contribution in [0.15, 0.2) is 46.2 Å². The highest BCUT2D eigenvalue weighted by atomic mass is 32.2. The van der Waals surface area contributed by atoms with E-state index in [4.69, 9.17) is 9.15 Å². The van der Waals surface area contributed by atoms with Crippen LogP contribution in [0.3, 0.4) is 0 Å². The van der Waals surface area contributed by atoms with Gasteiger partial charge >= 0.3 is 0 Å². The fourth-order valence-electron chi connectivity index (χ4n) is 2.75. The van der Waals surface area contributed by atoms with E-state index in [2.05, 4.69) is 15.5 Å². The van der Waals surface area contributed by atoms with Gasteiger partial charge in [-0.1, -0.05) is 23.9 Å². The van der Waals surface area contributed by atoms with Gasteiger partial charge in [0.25, 0.3) is 0 Å². The molecule has 7 nitrogen and oxygen atoms in total. The molecule has 3 aromatic rings. The molecule has 2 aromatic heterocycles. The average molecular weight is 401 g/mol. The molecule has 0 aliphatic heterocycles. The summed E-state index contributed by atoms with van der Waals surface area (Å²) in [5.74, 6) is 2.31. The monoisotopic (exact) mass is 400 g/mol. The van der Waals surface area contributed by atoms with Crippen LogP contribution in [0.1, 0.15) is 18.2 Å². The van der Waals surface area contributed by atoms with Crippen molar-refractivity contribution in [3.8, 4) is 17.1 Å². The van der Waals surface area contributed by atoms with E-state index in [0.29, 0.717) is 11.7 Å². The van der Waals surface area contributed by atoms with Gasteiger partial charge in [0.2, 0.25) is 5.91 Å². The lowest BCUT2D eigenvalue weighted by Crippen LogP contribution is -2.32. The zero-order valence-corrected chi connectivity index (χ0v) is 17.2. The van der Waals surface area contributed by atoms with Crippen LogP contribution in [0.25, 0.3) is 11.4 Å². The smallest absolute Gasteiger partial charge is 0.233 e. The zero-order chi connectivity index (χ0) is 20.1. The van der Waals surface area contributed by atoms with E-state index >= 15 is 0 Å². The Balaban J connectivity index is 1.53. The van der Waals surface area contributed by atoms with Crippen molar-refractivity contribution in [2.24, 2.45) is 7.05 Å². The second kappa shape index (κ2) is 8.97. The fourth-order valence-corrected chi connectivity index (χ4v) is 3.59. The summed E-state index contributed by atoms with van der Waals surface area (Å²) >= 11 is 1.38. The zero-order valence-electron chi connectivity index (χ0n) is 16.4. The highest BCUT2D eigenvalue weighted by molar-refractivity contribution is 8.00. The number of aromatic nitrogens is 3. The number of furan rings is 1. The maximum absolute atomic E-state index is 12.4. The predicted octanol–water partition coefficient (Wildman–Crippen LogP) is 3.23. The minimum absolute atomic E-state index is 0.0254. The average Bonchev–Trinajstić information content (AvgIpc) is 3.27. The Bertz CT molecular complexity index is 933. The number of carbonyl (C=O) groups is 1. The molecule has 0 bridgehead atoms. The molecule has 0 saturated carbocycles. The van der Waals surface area contributed by atoms with E-state index in [0.717, 1.165) is 34.9 Å². The minimum Gasteiger partial charge on any atom is -0.497 e. The third-order valence-corrected chi connectivity index (χ3v) is 5.59. The number of hydrogen-bond acceptors (Lipinski definition) is 6. The SMILES string of the molecule is COc1ccc(CCNC(=O)[C@@H](C)Sc2nnc(-c3ccoc3C)n2C)cc1. The van der Waals surface area contributed by atoms with Crippen LogP contribution in [0.5, 0.6) is 5.75 Å². The number of amides is 1. The standard InChI is InChI=1S/C20H24N4O3S/c1-13-17(10-12-27-13)18-22-23-20(24(18)3)28-14(2)19(25)21-11-9-15-5-7-16(26-4)8-6-15/h5-8,10,12,14H,9,11H2,1-4H3,(H,21,25)/t14-/m1/s1. The Labute approximate surface area is 168 Å². The van der Waals surface area contributed by atoms with Crippen molar-refractivity contribution in [2.45, 2.75) is 30.7 Å². The molecule has 1 amide bonds. The normalized spacial score (nSPS) is 12.0. The second-order valence-corrected chi connectivity index (χ2v) is 7.71. The lowest BCUT2D eigenvalue weighted by Gasteiger charge is -2.12. The number of nitrogens with one attached hydrogen (secondary N) is 1. The maximum Gasteiger partial charge on any atom is 0.233 e. The number of methoxy groups -OCH3 is 1. The molecule has 3 rings (SSSR count). The lowest BCUT2D eigenvalue weighted by molar-refractivity contribution is -0.120. The van der Waals surface area contributed by atoms with E-state index in [1.54, 1.807) is 13.4 Å². The predicted molar refractivity (Wildman–Crippen MR) is 108 cm³/mol. The summed E-state index contributed by atoms with van der Waals surface area (Å²) in [6.45, 7) is 4.33. The molecule has 0 saturated heterocycles. The summed E-state index contributed by atoms with van der Waals surface area (Å²) in [6.07, 6.45) is 2.39. The summed E-state index contributed by atoms with van der Waals surface area (Å²) in [5, 5.41) is 11.8. The molecule has 28 heavy (non-hydrogen) atoms. The molecule has 0 radical (unpaired) electrons. The minimum atomic E-state index is -0.280. The summed E-state index contributed by atoms with van der Waals surface area (Å²) < 4.78 is 12.4. The number of rotatable bonds is 8. The van der Waals surface area contributed by atoms with Crippen molar-refractivity contribution in [1.82, 2.24) is 20.1 Å². The Kier molecular flexibility index (Phi) is 6.41. The Morgan fingerprint density at radius 3 is 2.68 bits per heavy atom. The molecular formula is C20H24N4O3S. The molecule has 0 aliphatic carbocycles. The molecule has 0 fully saturated rings. The van der Waals surface area contributed by atoms with Crippen molar-refractivity contribution in [3.05, 3.63) is 47.9 Å². The summed E-state index contributed by atoms with van der Waals surface area (Å²) in [5.41, 5.74) is 2.05. The first-order chi connectivity index (χ1) is 13.5. The number of hydrogen-bond donors (Lipinski definition) is 1. The molecular weight excluding hydrogens is 376 g/mol. The van der Waals surface area contributed by atoms with Crippen molar-refractivity contribution in [3.63, 3.8) is 0 Å². The van der Waals surface area contributed by atoms with Crippen molar-refractivity contribution < 1.29 is 13.9 Å². The molecule has 1 atom stereocenters. The summed E-state index contributed by atoms with van der Waals surface area (Å²) in [4.78, 5) is 12.4. The van der Waals surface area contributed by atoms with E-state index in [-0.39, 0.29) is 11.2 Å². The maximum atomic E-state index is 12.4. The molecule has 0 spiro atoms. The van der Waals surface area contributed by atoms with Gasteiger partial charge < -0.3 is 19.0 Å². The second-order valence-electron chi connectivity index (χ2n) is 6.40. The number of ether oxygens (including phenoxy) is 1. The van der Waals surface area contributed by atoms with Gasteiger partial charge in [-0.3, -0.25) is 4.79 Å². The summed E-state index contributed by atoms with van der Waals surface area (Å²) in [6, 6.07) is 9.71. The van der Waals surface area contributed by atoms with E-state index in [1.807, 2.05) is 55.8 Å². The van der Waals surface area contributed by atoms with Crippen molar-refractivity contribution in [1.29, 1.82) is 0 Å². The third-order valence-electron chi connectivity index (χ3n) is 4.46. The van der Waals surface area contributed by atoms with E-state index in [1.165, 1.54) is 11.8 Å². The molecule has 1 N–H and O–H groups in total. The molecule has 0 unspecified atom stereocenters.